The van der Waals surface area contributed by atoms with Gasteiger partial charge in [0, 0.05) is 5.33 Å². The van der Waals surface area contributed by atoms with Gasteiger partial charge in [0.15, 0.2) is 0 Å². The van der Waals surface area contributed by atoms with Crippen molar-refractivity contribution in [3.05, 3.63) is 42.0 Å². The Labute approximate surface area is 135 Å². The summed E-state index contributed by atoms with van der Waals surface area (Å²) in [6.07, 6.45) is 0. The Bertz CT molecular complexity index is 666. The molecule has 110 valence electrons. The molecule has 3 rings (SSSR count). The minimum Gasteiger partial charge on any atom is -0.399 e. The minimum atomic E-state index is -0.299. The summed E-state index contributed by atoms with van der Waals surface area (Å²) in [5.74, 6) is 0. The molecule has 1 fully saturated rings. The van der Waals surface area contributed by atoms with Crippen molar-refractivity contribution in [2.75, 3.05) is 0 Å². The van der Waals surface area contributed by atoms with Crippen LogP contribution < -0.4 is 5.46 Å². The Morgan fingerprint density at radius 2 is 1.48 bits per heavy atom. The number of hydrogen-bond donors (Lipinski definition) is 0. The largest absolute Gasteiger partial charge is 0.494 e. The molecule has 2 aromatic rings. The normalized spacial score (nSPS) is 20.1. The zero-order valence-corrected chi connectivity index (χ0v) is 14.5. The molecule has 0 spiro atoms. The van der Waals surface area contributed by atoms with Crippen LogP contribution in [0.4, 0.5) is 0 Å². The van der Waals surface area contributed by atoms with E-state index in [1.165, 1.54) is 16.3 Å². The summed E-state index contributed by atoms with van der Waals surface area (Å²) in [5, 5.41) is 3.33. The minimum absolute atomic E-state index is 0.296. The van der Waals surface area contributed by atoms with E-state index in [0.29, 0.717) is 0 Å². The molecule has 0 saturated carbocycles. The number of halogens is 1. The average Bonchev–Trinajstić information content (AvgIpc) is 2.66. The zero-order chi connectivity index (χ0) is 15.3. The van der Waals surface area contributed by atoms with Gasteiger partial charge >= 0.3 is 7.12 Å². The summed E-state index contributed by atoms with van der Waals surface area (Å²) >= 11 is 3.50. The van der Waals surface area contributed by atoms with Gasteiger partial charge in [0.05, 0.1) is 11.2 Å². The molecular formula is C17H20BBrO2. The van der Waals surface area contributed by atoms with Crippen molar-refractivity contribution < 1.29 is 9.31 Å². The molecule has 2 nitrogen and oxygen atoms in total. The standard InChI is InChI=1S/C17H20BBrO2/c1-16(2)17(3,4)21-18(20-16)15-8-7-13-9-12(11-19)5-6-14(13)10-15/h5-10H,11H2,1-4H3. The Kier molecular flexibility index (Phi) is 3.67. The molecule has 1 saturated heterocycles. The molecule has 0 N–H and O–H groups in total. The van der Waals surface area contributed by atoms with Crippen molar-refractivity contribution in [3.63, 3.8) is 0 Å². The van der Waals surface area contributed by atoms with E-state index in [1.807, 2.05) is 0 Å². The number of rotatable bonds is 2. The summed E-state index contributed by atoms with van der Waals surface area (Å²) in [5.41, 5.74) is 1.76. The van der Waals surface area contributed by atoms with Crippen molar-refractivity contribution in [2.24, 2.45) is 0 Å². The van der Waals surface area contributed by atoms with E-state index >= 15 is 0 Å². The number of fused-ring (bicyclic) bond motifs is 1. The van der Waals surface area contributed by atoms with Crippen LogP contribution in [0, 0.1) is 0 Å². The number of hydrogen-bond acceptors (Lipinski definition) is 2. The van der Waals surface area contributed by atoms with Crippen LogP contribution in [0.2, 0.25) is 0 Å². The lowest BCUT2D eigenvalue weighted by Crippen LogP contribution is -2.41. The summed E-state index contributed by atoms with van der Waals surface area (Å²) in [7, 11) is -0.296. The zero-order valence-electron chi connectivity index (χ0n) is 12.9. The van der Waals surface area contributed by atoms with Gasteiger partial charge in [-0.15, -0.1) is 0 Å². The Balaban J connectivity index is 1.96. The lowest BCUT2D eigenvalue weighted by atomic mass is 9.78. The van der Waals surface area contributed by atoms with Crippen molar-refractivity contribution in [1.82, 2.24) is 0 Å². The highest BCUT2D eigenvalue weighted by molar-refractivity contribution is 9.08. The van der Waals surface area contributed by atoms with Gasteiger partial charge in [-0.3, -0.25) is 0 Å². The first kappa shape index (κ1) is 15.1. The molecule has 0 amide bonds. The third-order valence-electron chi connectivity index (χ3n) is 4.61. The predicted octanol–water partition coefficient (Wildman–Crippen LogP) is 4.03. The molecule has 0 aromatic heterocycles. The van der Waals surface area contributed by atoms with Crippen LogP contribution in [0.3, 0.4) is 0 Å². The average molecular weight is 347 g/mol. The third kappa shape index (κ3) is 2.65. The highest BCUT2D eigenvalue weighted by Gasteiger charge is 2.51. The Morgan fingerprint density at radius 3 is 2.10 bits per heavy atom. The second kappa shape index (κ2) is 5.11. The molecule has 0 unspecified atom stereocenters. The van der Waals surface area contributed by atoms with Crippen LogP contribution in [0.5, 0.6) is 0 Å². The fourth-order valence-corrected chi connectivity index (χ4v) is 2.87. The fourth-order valence-electron chi connectivity index (χ4n) is 2.52. The smallest absolute Gasteiger partial charge is 0.399 e. The maximum absolute atomic E-state index is 6.11. The highest BCUT2D eigenvalue weighted by atomic mass is 79.9. The molecule has 0 atom stereocenters. The van der Waals surface area contributed by atoms with Gasteiger partial charge < -0.3 is 9.31 Å². The summed E-state index contributed by atoms with van der Waals surface area (Å²) < 4.78 is 12.2. The molecule has 1 heterocycles. The van der Waals surface area contributed by atoms with Crippen LogP contribution >= 0.6 is 15.9 Å². The molecule has 4 heteroatoms. The molecule has 0 radical (unpaired) electrons. The van der Waals surface area contributed by atoms with Gasteiger partial charge in [-0.25, -0.2) is 0 Å². The van der Waals surface area contributed by atoms with Gasteiger partial charge in [-0.05, 0) is 49.5 Å². The van der Waals surface area contributed by atoms with E-state index in [-0.39, 0.29) is 18.3 Å². The SMILES string of the molecule is CC1(C)OB(c2ccc3cc(CBr)ccc3c2)OC1(C)C. The van der Waals surface area contributed by atoms with Crippen molar-refractivity contribution in [3.8, 4) is 0 Å². The van der Waals surface area contributed by atoms with E-state index in [2.05, 4.69) is 80.0 Å². The van der Waals surface area contributed by atoms with Crippen LogP contribution in [0.1, 0.15) is 33.3 Å². The first-order valence-corrected chi connectivity index (χ1v) is 8.39. The maximum atomic E-state index is 6.11. The highest BCUT2D eigenvalue weighted by Crippen LogP contribution is 2.36. The Morgan fingerprint density at radius 1 is 0.905 bits per heavy atom. The van der Waals surface area contributed by atoms with Crippen molar-refractivity contribution >= 4 is 39.3 Å². The van der Waals surface area contributed by atoms with Gasteiger partial charge in [0.2, 0.25) is 0 Å². The van der Waals surface area contributed by atoms with Crippen LogP contribution in [0.25, 0.3) is 10.8 Å². The topological polar surface area (TPSA) is 18.5 Å². The summed E-state index contributed by atoms with van der Waals surface area (Å²) in [6.45, 7) is 8.32. The van der Waals surface area contributed by atoms with Crippen LogP contribution in [-0.2, 0) is 14.6 Å². The lowest BCUT2D eigenvalue weighted by molar-refractivity contribution is 0.00578. The van der Waals surface area contributed by atoms with E-state index < -0.39 is 0 Å². The van der Waals surface area contributed by atoms with Gasteiger partial charge in [0.25, 0.3) is 0 Å². The first-order valence-electron chi connectivity index (χ1n) is 7.27. The molecule has 0 bridgehead atoms. The van der Waals surface area contributed by atoms with Crippen molar-refractivity contribution in [2.45, 2.75) is 44.2 Å². The second-order valence-corrected chi connectivity index (χ2v) is 7.22. The number of alkyl halides is 1. The molecule has 1 aliphatic heterocycles. The van der Waals surface area contributed by atoms with Crippen molar-refractivity contribution in [1.29, 1.82) is 0 Å². The van der Waals surface area contributed by atoms with E-state index in [1.54, 1.807) is 0 Å². The summed E-state index contributed by atoms with van der Waals surface area (Å²) in [4.78, 5) is 0. The fraction of sp³-hybridized carbons (Fsp3) is 0.412. The molecule has 1 aliphatic rings. The molecule has 21 heavy (non-hydrogen) atoms. The lowest BCUT2D eigenvalue weighted by Gasteiger charge is -2.32. The molecule has 2 aromatic carbocycles. The molecule has 0 aliphatic carbocycles. The summed E-state index contributed by atoms with van der Waals surface area (Å²) in [6, 6.07) is 12.9. The maximum Gasteiger partial charge on any atom is 0.494 e. The predicted molar refractivity (Wildman–Crippen MR) is 92.3 cm³/mol. The second-order valence-electron chi connectivity index (χ2n) is 6.66. The van der Waals surface area contributed by atoms with E-state index in [0.717, 1.165) is 10.8 Å². The third-order valence-corrected chi connectivity index (χ3v) is 5.26. The van der Waals surface area contributed by atoms with Crippen LogP contribution in [0.15, 0.2) is 36.4 Å². The molecular weight excluding hydrogens is 327 g/mol. The number of benzene rings is 2. The quantitative estimate of drug-likeness (QED) is 0.603. The van der Waals surface area contributed by atoms with E-state index in [9.17, 15) is 0 Å². The van der Waals surface area contributed by atoms with Gasteiger partial charge in [0.1, 0.15) is 0 Å². The Hall–Kier alpha value is -0.835. The van der Waals surface area contributed by atoms with Gasteiger partial charge in [-0.1, -0.05) is 52.3 Å². The monoisotopic (exact) mass is 346 g/mol. The van der Waals surface area contributed by atoms with E-state index in [4.69, 9.17) is 9.31 Å². The van der Waals surface area contributed by atoms with Crippen LogP contribution in [-0.4, -0.2) is 18.3 Å². The van der Waals surface area contributed by atoms with Gasteiger partial charge in [-0.2, -0.15) is 0 Å². The first-order chi connectivity index (χ1) is 9.82.